The van der Waals surface area contributed by atoms with Gasteiger partial charge in [-0.15, -0.1) is 0 Å². The van der Waals surface area contributed by atoms with Gasteiger partial charge in [-0.3, -0.25) is 4.79 Å². The molecule has 1 aliphatic heterocycles. The van der Waals surface area contributed by atoms with Crippen molar-refractivity contribution < 1.29 is 38.4 Å². The lowest BCUT2D eigenvalue weighted by Gasteiger charge is -2.36. The van der Waals surface area contributed by atoms with E-state index in [2.05, 4.69) is 0 Å². The molecule has 1 aromatic heterocycles. The van der Waals surface area contributed by atoms with Crippen molar-refractivity contribution in [2.24, 2.45) is 5.92 Å². The third kappa shape index (κ3) is 5.74. The summed E-state index contributed by atoms with van der Waals surface area (Å²) in [4.78, 5) is 24.9. The Kier molecular flexibility index (Phi) is 8.81. The Bertz CT molecular complexity index is 981. The van der Waals surface area contributed by atoms with Crippen LogP contribution in [0.4, 0.5) is 0 Å². The number of ether oxygens (including phenoxy) is 4. The lowest BCUT2D eigenvalue weighted by Crippen LogP contribution is -2.38. The van der Waals surface area contributed by atoms with Crippen LogP contribution in [0.15, 0.2) is 51.6 Å². The molecule has 0 fully saturated rings. The van der Waals surface area contributed by atoms with Crippen LogP contribution < -0.4 is 5.43 Å². The molecule has 1 aliphatic rings. The smallest absolute Gasteiger partial charge is 0.370 e. The minimum absolute atomic E-state index is 0.0519. The summed E-state index contributed by atoms with van der Waals surface area (Å²) in [5.74, 6) is -2.47. The maximum absolute atomic E-state index is 13.2. The number of carboxylic acid groups (broad SMARTS) is 1. The maximum Gasteiger partial charge on any atom is 0.370 e. The molecule has 9 nitrogen and oxygen atoms in total. The number of fused-ring (bicyclic) bond motifs is 1. The zero-order valence-electron chi connectivity index (χ0n) is 17.9. The van der Waals surface area contributed by atoms with Crippen molar-refractivity contribution in [3.05, 3.63) is 58.2 Å². The molecule has 0 aliphatic carbocycles. The minimum atomic E-state index is -1.24. The van der Waals surface area contributed by atoms with E-state index in [4.69, 9.17) is 28.5 Å². The quantitative estimate of drug-likeness (QED) is 0.470. The summed E-state index contributed by atoms with van der Waals surface area (Å²) in [6, 6.07) is 6.91. The molecular formula is C23H28O9. The van der Waals surface area contributed by atoms with Crippen LogP contribution in [0.25, 0.3) is 11.0 Å². The van der Waals surface area contributed by atoms with Crippen molar-refractivity contribution in [1.82, 2.24) is 0 Å². The number of aliphatic carboxylic acids is 1. The zero-order chi connectivity index (χ0) is 22.9. The summed E-state index contributed by atoms with van der Waals surface area (Å²) in [6.07, 6.45) is 2.41. The average Bonchev–Trinajstić information content (AvgIpc) is 2.79. The van der Waals surface area contributed by atoms with E-state index in [1.54, 1.807) is 31.2 Å². The first-order chi connectivity index (χ1) is 15.6. The van der Waals surface area contributed by atoms with Crippen LogP contribution in [0.5, 0.6) is 0 Å². The maximum atomic E-state index is 13.2. The van der Waals surface area contributed by atoms with Crippen LogP contribution >= 0.6 is 0 Å². The first-order valence-electron chi connectivity index (χ1n) is 10.6. The van der Waals surface area contributed by atoms with Gasteiger partial charge in [-0.05, 0) is 31.6 Å². The predicted molar refractivity (Wildman–Crippen MR) is 114 cm³/mol. The van der Waals surface area contributed by atoms with Crippen molar-refractivity contribution in [2.45, 2.75) is 25.6 Å². The first-order valence-corrected chi connectivity index (χ1v) is 10.6. The Labute approximate surface area is 185 Å². The van der Waals surface area contributed by atoms with Gasteiger partial charge in [-0.25, -0.2) is 4.79 Å². The molecule has 0 radical (unpaired) electrons. The minimum Gasteiger partial charge on any atom is -0.475 e. The lowest BCUT2D eigenvalue weighted by molar-refractivity contribution is -0.174. The summed E-state index contributed by atoms with van der Waals surface area (Å²) < 4.78 is 27.7. The highest BCUT2D eigenvalue weighted by Crippen LogP contribution is 2.38. The molecule has 0 amide bonds. The van der Waals surface area contributed by atoms with Crippen LogP contribution in [0.2, 0.25) is 0 Å². The Hall–Kier alpha value is -2.72. The second-order valence-electron chi connectivity index (χ2n) is 7.22. The molecule has 3 rings (SSSR count). The Morgan fingerprint density at radius 2 is 1.88 bits per heavy atom. The summed E-state index contributed by atoms with van der Waals surface area (Å²) in [7, 11) is 0. The average molecular weight is 448 g/mol. The van der Waals surface area contributed by atoms with Crippen LogP contribution in [-0.4, -0.2) is 62.1 Å². The molecule has 0 bridgehead atoms. The van der Waals surface area contributed by atoms with E-state index in [1.807, 2.05) is 0 Å². The molecule has 0 spiro atoms. The normalized spacial score (nSPS) is 20.7. The number of hydrogen-bond donors (Lipinski definition) is 2. The molecule has 2 heterocycles. The van der Waals surface area contributed by atoms with Gasteiger partial charge in [0.15, 0.2) is 5.43 Å². The van der Waals surface area contributed by atoms with E-state index >= 15 is 0 Å². The Balaban J connectivity index is 1.87. The second-order valence-corrected chi connectivity index (χ2v) is 7.22. The highest BCUT2D eigenvalue weighted by Gasteiger charge is 2.39. The van der Waals surface area contributed by atoms with Gasteiger partial charge in [0.25, 0.3) is 0 Å². The standard InChI is InChI=1S/C23H28O9/c1-2-30-23-15(7-9-28-11-12-29-10-8-24)17(13-20(32-23)22(26)27)18-14-31-19-6-4-3-5-16(19)21(18)25/h3-6,13-15,17,23-24H,2,7-12H2,1H3,(H,26,27)/t15-,17-,23+/m1/s1. The van der Waals surface area contributed by atoms with Crippen molar-refractivity contribution >= 4 is 16.9 Å². The molecule has 9 heteroatoms. The Morgan fingerprint density at radius 1 is 1.12 bits per heavy atom. The fourth-order valence-electron chi connectivity index (χ4n) is 3.72. The second kappa shape index (κ2) is 11.8. The van der Waals surface area contributed by atoms with E-state index in [0.717, 1.165) is 0 Å². The van der Waals surface area contributed by atoms with Crippen LogP contribution in [0.1, 0.15) is 24.8 Å². The number of benzene rings is 1. The fourth-order valence-corrected chi connectivity index (χ4v) is 3.72. The van der Waals surface area contributed by atoms with Gasteiger partial charge in [0.05, 0.1) is 38.1 Å². The highest BCUT2D eigenvalue weighted by molar-refractivity contribution is 5.84. The van der Waals surface area contributed by atoms with Gasteiger partial charge < -0.3 is 33.6 Å². The molecule has 32 heavy (non-hydrogen) atoms. The number of aliphatic hydroxyl groups is 1. The summed E-state index contributed by atoms with van der Waals surface area (Å²) in [5.41, 5.74) is 0.574. The summed E-state index contributed by atoms with van der Waals surface area (Å²) in [6.45, 7) is 3.30. The van der Waals surface area contributed by atoms with E-state index in [0.29, 0.717) is 49.4 Å². The van der Waals surface area contributed by atoms with Gasteiger partial charge in [0, 0.05) is 30.6 Å². The van der Waals surface area contributed by atoms with Gasteiger partial charge in [0.1, 0.15) is 5.58 Å². The molecule has 2 N–H and O–H groups in total. The van der Waals surface area contributed by atoms with Crippen LogP contribution in [0, 0.1) is 5.92 Å². The number of aliphatic hydroxyl groups excluding tert-OH is 1. The molecule has 0 saturated heterocycles. The molecular weight excluding hydrogens is 420 g/mol. The van der Waals surface area contributed by atoms with Crippen molar-refractivity contribution in [3.63, 3.8) is 0 Å². The van der Waals surface area contributed by atoms with Crippen molar-refractivity contribution in [3.8, 4) is 0 Å². The molecule has 3 atom stereocenters. The number of rotatable bonds is 12. The summed E-state index contributed by atoms with van der Waals surface area (Å²) >= 11 is 0. The highest BCUT2D eigenvalue weighted by atomic mass is 16.7. The third-order valence-corrected chi connectivity index (χ3v) is 5.20. The van der Waals surface area contributed by atoms with Gasteiger partial charge in [-0.1, -0.05) is 12.1 Å². The zero-order valence-corrected chi connectivity index (χ0v) is 17.9. The third-order valence-electron chi connectivity index (χ3n) is 5.20. The SMILES string of the molecule is CCO[C@H]1OC(C(=O)O)=C[C@@H](c2coc3ccccc3c2=O)[C@H]1CCOCCOCCO. The number of para-hydroxylation sites is 1. The molecule has 0 saturated carbocycles. The first kappa shape index (κ1) is 23.9. The molecule has 174 valence electrons. The predicted octanol–water partition coefficient (Wildman–Crippen LogP) is 2.27. The van der Waals surface area contributed by atoms with E-state index in [-0.39, 0.29) is 30.3 Å². The number of hydrogen-bond acceptors (Lipinski definition) is 8. The van der Waals surface area contributed by atoms with Gasteiger partial charge in [0.2, 0.25) is 12.0 Å². The van der Waals surface area contributed by atoms with E-state index in [1.165, 1.54) is 12.3 Å². The van der Waals surface area contributed by atoms with Crippen LogP contribution in [0.3, 0.4) is 0 Å². The summed E-state index contributed by atoms with van der Waals surface area (Å²) in [5, 5.41) is 18.7. The van der Waals surface area contributed by atoms with E-state index in [9.17, 15) is 14.7 Å². The van der Waals surface area contributed by atoms with Crippen LogP contribution in [-0.2, 0) is 23.7 Å². The molecule has 1 aromatic carbocycles. The Morgan fingerprint density at radius 3 is 2.59 bits per heavy atom. The largest absolute Gasteiger partial charge is 0.475 e. The topological polar surface area (TPSA) is 125 Å². The molecule has 2 aromatic rings. The van der Waals surface area contributed by atoms with Gasteiger partial charge in [-0.2, -0.15) is 0 Å². The van der Waals surface area contributed by atoms with Crippen molar-refractivity contribution in [1.29, 1.82) is 0 Å². The fraction of sp³-hybridized carbons (Fsp3) is 0.478. The van der Waals surface area contributed by atoms with Gasteiger partial charge >= 0.3 is 5.97 Å². The number of carbonyl (C=O) groups is 1. The lowest BCUT2D eigenvalue weighted by atomic mass is 9.81. The molecule has 0 unspecified atom stereocenters. The number of allylic oxidation sites excluding steroid dienone is 1. The monoisotopic (exact) mass is 448 g/mol. The van der Waals surface area contributed by atoms with E-state index < -0.39 is 18.2 Å². The number of carboxylic acids is 1. The van der Waals surface area contributed by atoms with Crippen molar-refractivity contribution in [2.75, 3.05) is 39.6 Å².